The molecule has 4 rings (SSSR count). The zero-order chi connectivity index (χ0) is 16.4. The van der Waals surface area contributed by atoms with Gasteiger partial charge in [0, 0.05) is 30.0 Å². The molecule has 5 nitrogen and oxygen atoms in total. The number of hydrogen-bond acceptors (Lipinski definition) is 3. The van der Waals surface area contributed by atoms with Gasteiger partial charge in [0.05, 0.1) is 19.3 Å². The van der Waals surface area contributed by atoms with E-state index in [0.717, 1.165) is 11.9 Å². The molecule has 0 saturated carbocycles. The van der Waals surface area contributed by atoms with Crippen LogP contribution in [0.5, 0.6) is 0 Å². The van der Waals surface area contributed by atoms with Crippen molar-refractivity contribution in [3.8, 4) is 0 Å². The van der Waals surface area contributed by atoms with E-state index >= 15 is 0 Å². The fourth-order valence-corrected chi connectivity index (χ4v) is 3.26. The number of fused-ring (bicyclic) bond motifs is 1. The number of pyridine rings is 2. The Kier molecular flexibility index (Phi) is 4.01. The summed E-state index contributed by atoms with van der Waals surface area (Å²) in [5, 5.41) is 3.14. The molecule has 0 aromatic carbocycles. The molecule has 1 N–H and O–H groups in total. The summed E-state index contributed by atoms with van der Waals surface area (Å²) in [6.45, 7) is 1.23. The average molecular weight is 321 g/mol. The van der Waals surface area contributed by atoms with E-state index in [4.69, 9.17) is 4.74 Å². The lowest BCUT2D eigenvalue weighted by Gasteiger charge is -2.19. The number of amides is 1. The second-order valence-corrected chi connectivity index (χ2v) is 6.15. The van der Waals surface area contributed by atoms with E-state index < -0.39 is 0 Å². The van der Waals surface area contributed by atoms with Crippen LogP contribution in [-0.4, -0.2) is 34.5 Å². The van der Waals surface area contributed by atoms with Crippen molar-refractivity contribution < 1.29 is 9.53 Å². The number of nitrogens with one attached hydrogen (secondary N) is 1. The summed E-state index contributed by atoms with van der Waals surface area (Å²) >= 11 is 0. The van der Waals surface area contributed by atoms with Gasteiger partial charge >= 0.3 is 0 Å². The van der Waals surface area contributed by atoms with E-state index in [1.165, 1.54) is 5.56 Å². The largest absolute Gasteiger partial charge is 0.379 e. The molecule has 0 bridgehead atoms. The molecule has 3 aromatic heterocycles. The maximum absolute atomic E-state index is 12.7. The van der Waals surface area contributed by atoms with E-state index in [9.17, 15) is 4.79 Å². The van der Waals surface area contributed by atoms with Gasteiger partial charge in [-0.05, 0) is 48.4 Å². The Morgan fingerprint density at radius 1 is 1.17 bits per heavy atom. The molecule has 122 valence electrons. The van der Waals surface area contributed by atoms with Crippen LogP contribution in [0.1, 0.15) is 16.1 Å². The molecular weight excluding hydrogens is 302 g/mol. The van der Waals surface area contributed by atoms with Gasteiger partial charge in [-0.2, -0.15) is 0 Å². The number of carbonyl (C=O) groups excluding carboxylic acids is 1. The van der Waals surface area contributed by atoms with Crippen LogP contribution in [0.3, 0.4) is 0 Å². The molecule has 3 aromatic rings. The van der Waals surface area contributed by atoms with E-state index in [2.05, 4.69) is 10.3 Å². The fourth-order valence-electron chi connectivity index (χ4n) is 3.26. The van der Waals surface area contributed by atoms with Gasteiger partial charge in [-0.1, -0.05) is 6.07 Å². The average Bonchev–Trinajstić information content (AvgIpc) is 3.23. The van der Waals surface area contributed by atoms with Gasteiger partial charge in [-0.15, -0.1) is 0 Å². The minimum atomic E-state index is -0.0589. The van der Waals surface area contributed by atoms with Gasteiger partial charge in [0.15, 0.2) is 0 Å². The van der Waals surface area contributed by atoms with Crippen molar-refractivity contribution in [1.82, 2.24) is 14.7 Å². The summed E-state index contributed by atoms with van der Waals surface area (Å²) in [5.74, 6) is 0.221. The van der Waals surface area contributed by atoms with Crippen LogP contribution in [0, 0.1) is 5.92 Å². The van der Waals surface area contributed by atoms with Gasteiger partial charge in [-0.25, -0.2) is 0 Å². The predicted octanol–water partition coefficient (Wildman–Crippen LogP) is 2.32. The SMILES string of the molecule is O=C(N[C@H]1COC[C@H]1Cc1ccncc1)c1ccc2ccccn12. The van der Waals surface area contributed by atoms with Gasteiger partial charge in [0.2, 0.25) is 0 Å². The third-order valence-corrected chi connectivity index (χ3v) is 4.56. The molecule has 2 atom stereocenters. The third-order valence-electron chi connectivity index (χ3n) is 4.56. The third kappa shape index (κ3) is 2.90. The standard InChI is InChI=1S/C19H19N3O2/c23-19(18-5-4-16-3-1-2-10-22(16)18)21-17-13-24-12-15(17)11-14-6-8-20-9-7-14/h1-10,15,17H,11-13H2,(H,21,23)/t15-,17+/m1/s1. The second-order valence-electron chi connectivity index (χ2n) is 6.15. The van der Waals surface area contributed by atoms with Crippen LogP contribution >= 0.6 is 0 Å². The number of ether oxygens (including phenoxy) is 1. The van der Waals surface area contributed by atoms with Gasteiger partial charge in [0.1, 0.15) is 5.69 Å². The predicted molar refractivity (Wildman–Crippen MR) is 90.9 cm³/mol. The van der Waals surface area contributed by atoms with Crippen molar-refractivity contribution in [2.45, 2.75) is 12.5 Å². The Morgan fingerprint density at radius 3 is 2.92 bits per heavy atom. The van der Waals surface area contributed by atoms with Crippen molar-refractivity contribution in [1.29, 1.82) is 0 Å². The Balaban J connectivity index is 1.48. The number of rotatable bonds is 4. The highest BCUT2D eigenvalue weighted by Crippen LogP contribution is 2.20. The molecule has 4 heterocycles. The fraction of sp³-hybridized carbons (Fsp3) is 0.263. The zero-order valence-corrected chi connectivity index (χ0v) is 13.3. The van der Waals surface area contributed by atoms with Crippen molar-refractivity contribution in [3.63, 3.8) is 0 Å². The maximum Gasteiger partial charge on any atom is 0.268 e. The molecule has 5 heteroatoms. The number of aromatic nitrogens is 2. The highest BCUT2D eigenvalue weighted by Gasteiger charge is 2.30. The molecule has 24 heavy (non-hydrogen) atoms. The maximum atomic E-state index is 12.7. The smallest absolute Gasteiger partial charge is 0.268 e. The summed E-state index contributed by atoms with van der Waals surface area (Å²) < 4.78 is 7.52. The highest BCUT2D eigenvalue weighted by molar-refractivity contribution is 5.94. The van der Waals surface area contributed by atoms with Crippen LogP contribution in [0.4, 0.5) is 0 Å². The van der Waals surface area contributed by atoms with Crippen LogP contribution in [0.2, 0.25) is 0 Å². The normalized spacial score (nSPS) is 20.3. The summed E-state index contributed by atoms with van der Waals surface area (Å²) in [6, 6.07) is 13.7. The quantitative estimate of drug-likeness (QED) is 0.802. The van der Waals surface area contributed by atoms with Crippen molar-refractivity contribution in [3.05, 3.63) is 72.3 Å². The molecule has 0 aliphatic carbocycles. The van der Waals surface area contributed by atoms with Crippen molar-refractivity contribution >= 4 is 11.4 Å². The lowest BCUT2D eigenvalue weighted by molar-refractivity contribution is 0.0919. The van der Waals surface area contributed by atoms with E-state index in [1.807, 2.05) is 53.1 Å². The first-order chi connectivity index (χ1) is 11.8. The van der Waals surface area contributed by atoms with Gasteiger partial charge < -0.3 is 14.5 Å². The molecule has 1 aliphatic rings. The second kappa shape index (κ2) is 6.45. The Morgan fingerprint density at radius 2 is 2.04 bits per heavy atom. The summed E-state index contributed by atoms with van der Waals surface area (Å²) in [7, 11) is 0. The van der Waals surface area contributed by atoms with Gasteiger partial charge in [-0.3, -0.25) is 9.78 Å². The summed E-state index contributed by atoms with van der Waals surface area (Å²) in [6.07, 6.45) is 6.38. The molecule has 1 fully saturated rings. The Bertz CT molecular complexity index is 844. The molecule has 1 amide bonds. The van der Waals surface area contributed by atoms with Gasteiger partial charge in [0.25, 0.3) is 5.91 Å². The summed E-state index contributed by atoms with van der Waals surface area (Å²) in [4.78, 5) is 16.7. The van der Waals surface area contributed by atoms with Crippen LogP contribution in [0.15, 0.2) is 61.1 Å². The summed E-state index contributed by atoms with van der Waals surface area (Å²) in [5.41, 5.74) is 2.88. The first kappa shape index (κ1) is 14.9. The first-order valence-corrected chi connectivity index (χ1v) is 8.15. The number of carbonyl (C=O) groups is 1. The van der Waals surface area contributed by atoms with E-state index in [0.29, 0.717) is 18.9 Å². The lowest BCUT2D eigenvalue weighted by atomic mass is 9.95. The minimum absolute atomic E-state index is 0.0277. The molecule has 1 saturated heterocycles. The monoisotopic (exact) mass is 321 g/mol. The van der Waals surface area contributed by atoms with E-state index in [-0.39, 0.29) is 17.9 Å². The zero-order valence-electron chi connectivity index (χ0n) is 13.3. The Labute approximate surface area is 140 Å². The molecular formula is C19H19N3O2. The topological polar surface area (TPSA) is 55.6 Å². The van der Waals surface area contributed by atoms with Crippen LogP contribution in [-0.2, 0) is 11.2 Å². The molecule has 1 aliphatic heterocycles. The van der Waals surface area contributed by atoms with Crippen LogP contribution < -0.4 is 5.32 Å². The first-order valence-electron chi connectivity index (χ1n) is 8.15. The molecule has 0 radical (unpaired) electrons. The van der Waals surface area contributed by atoms with Crippen molar-refractivity contribution in [2.24, 2.45) is 5.92 Å². The highest BCUT2D eigenvalue weighted by atomic mass is 16.5. The van der Waals surface area contributed by atoms with E-state index in [1.54, 1.807) is 12.4 Å². The van der Waals surface area contributed by atoms with Crippen LogP contribution in [0.25, 0.3) is 5.52 Å². The van der Waals surface area contributed by atoms with Crippen molar-refractivity contribution in [2.75, 3.05) is 13.2 Å². The molecule has 0 spiro atoms. The minimum Gasteiger partial charge on any atom is -0.379 e. The molecule has 0 unspecified atom stereocenters. The lowest BCUT2D eigenvalue weighted by Crippen LogP contribution is -2.41. The number of hydrogen-bond donors (Lipinski definition) is 1. The number of nitrogens with zero attached hydrogens (tertiary/aromatic N) is 2. The Hall–Kier alpha value is -2.66.